The predicted molar refractivity (Wildman–Crippen MR) is 124 cm³/mol. The van der Waals surface area contributed by atoms with Gasteiger partial charge in [0.1, 0.15) is 11.5 Å². The smallest absolute Gasteiger partial charge is 0.257 e. The van der Waals surface area contributed by atoms with Gasteiger partial charge in [-0.2, -0.15) is 0 Å². The van der Waals surface area contributed by atoms with Crippen LogP contribution in [0.15, 0.2) is 89.9 Å². The largest absolute Gasteiger partial charge is 0.352 e. The second-order valence-corrected chi connectivity index (χ2v) is 7.22. The molecule has 0 bridgehead atoms. The van der Waals surface area contributed by atoms with E-state index in [2.05, 4.69) is 20.6 Å². The van der Waals surface area contributed by atoms with E-state index in [0.717, 1.165) is 0 Å². The number of nitrogens with zero attached hydrogens (tertiary/aromatic N) is 1. The van der Waals surface area contributed by atoms with Crippen molar-refractivity contribution in [2.24, 2.45) is 0 Å². The highest BCUT2D eigenvalue weighted by molar-refractivity contribution is 6.11. The van der Waals surface area contributed by atoms with Crippen LogP contribution in [0, 0.1) is 5.82 Å². The second-order valence-electron chi connectivity index (χ2n) is 7.22. The molecule has 5 aromatic rings. The van der Waals surface area contributed by atoms with Crippen LogP contribution in [0.4, 0.5) is 21.5 Å². The molecule has 0 spiro atoms. The fourth-order valence-electron chi connectivity index (χ4n) is 3.64. The summed E-state index contributed by atoms with van der Waals surface area (Å²) in [6.07, 6.45) is 1.54. The topological polar surface area (TPSA) is 86.9 Å². The van der Waals surface area contributed by atoms with E-state index in [0.29, 0.717) is 38.7 Å². The Bertz CT molecular complexity index is 1530. The number of halogens is 1. The highest BCUT2D eigenvalue weighted by atomic mass is 19.1. The van der Waals surface area contributed by atoms with E-state index in [-0.39, 0.29) is 17.2 Å². The number of aromatic nitrogens is 2. The first-order chi connectivity index (χ1) is 15.6. The molecule has 6 nitrogen and oxygen atoms in total. The average Bonchev–Trinajstić information content (AvgIpc) is 2.81. The molecule has 0 saturated heterocycles. The first-order valence-corrected chi connectivity index (χ1v) is 9.93. The van der Waals surface area contributed by atoms with E-state index in [9.17, 15) is 14.0 Å². The van der Waals surface area contributed by atoms with Crippen LogP contribution in [-0.2, 0) is 0 Å². The number of carbonyl (C=O) groups excluding carboxylic acids is 1. The minimum atomic E-state index is -0.533. The number of hydrogen-bond acceptors (Lipinski definition) is 4. The number of nitrogens with one attached hydrogen (secondary N) is 3. The normalized spacial score (nSPS) is 10.9. The molecule has 3 aromatic carbocycles. The molecule has 0 fully saturated rings. The average molecular weight is 424 g/mol. The van der Waals surface area contributed by atoms with Crippen molar-refractivity contribution < 1.29 is 9.18 Å². The molecule has 32 heavy (non-hydrogen) atoms. The van der Waals surface area contributed by atoms with Crippen LogP contribution in [0.25, 0.3) is 21.8 Å². The number of aromatic amines is 1. The quantitative estimate of drug-likeness (QED) is 0.346. The molecule has 5 rings (SSSR count). The van der Waals surface area contributed by atoms with E-state index < -0.39 is 5.82 Å². The Balaban J connectivity index is 1.49. The van der Waals surface area contributed by atoms with E-state index in [1.54, 1.807) is 60.8 Å². The van der Waals surface area contributed by atoms with Gasteiger partial charge >= 0.3 is 0 Å². The Hall–Kier alpha value is -4.52. The molecule has 2 heterocycles. The lowest BCUT2D eigenvalue weighted by Crippen LogP contribution is -2.12. The van der Waals surface area contributed by atoms with Crippen molar-refractivity contribution in [3.05, 3.63) is 107 Å². The maximum Gasteiger partial charge on any atom is 0.257 e. The number of anilines is 3. The molecule has 156 valence electrons. The van der Waals surface area contributed by atoms with Gasteiger partial charge in [0.15, 0.2) is 0 Å². The van der Waals surface area contributed by atoms with Gasteiger partial charge < -0.3 is 15.6 Å². The van der Waals surface area contributed by atoms with Crippen molar-refractivity contribution in [2.75, 3.05) is 10.6 Å². The van der Waals surface area contributed by atoms with E-state index in [1.807, 2.05) is 18.2 Å². The fourth-order valence-corrected chi connectivity index (χ4v) is 3.64. The maximum absolute atomic E-state index is 14.9. The standard InChI is InChI=1S/C25H17FN4O2/c26-19-14-16(28-24(31)15-6-2-1-3-7-15)10-11-20(19)29-21-12-13-27-23-22(21)17-8-4-5-9-18(17)25(32)30-23/h1-14H,(H,28,31)(H2,27,29,30,32). The predicted octanol–water partition coefficient (Wildman–Crippen LogP) is 5.21. The SMILES string of the molecule is O=C(Nc1ccc(Nc2ccnc3[nH]c(=O)c4ccccc4c23)c(F)c1)c1ccccc1. The van der Waals surface area contributed by atoms with Crippen molar-refractivity contribution in [2.45, 2.75) is 0 Å². The van der Waals surface area contributed by atoms with Gasteiger partial charge in [0, 0.05) is 33.6 Å². The first-order valence-electron chi connectivity index (χ1n) is 9.93. The number of pyridine rings is 2. The molecular formula is C25H17FN4O2. The molecular weight excluding hydrogens is 407 g/mol. The number of carbonyl (C=O) groups is 1. The Kier molecular flexibility index (Phi) is 4.84. The summed E-state index contributed by atoms with van der Waals surface area (Å²) in [5.74, 6) is -0.851. The molecule has 0 radical (unpaired) electrons. The van der Waals surface area contributed by atoms with Crippen LogP contribution in [0.3, 0.4) is 0 Å². The highest BCUT2D eigenvalue weighted by Gasteiger charge is 2.13. The number of hydrogen-bond donors (Lipinski definition) is 3. The monoisotopic (exact) mass is 424 g/mol. The third kappa shape index (κ3) is 3.56. The van der Waals surface area contributed by atoms with E-state index >= 15 is 0 Å². The molecule has 0 aliphatic rings. The van der Waals surface area contributed by atoms with Crippen LogP contribution in [0.1, 0.15) is 10.4 Å². The molecule has 1 amide bonds. The number of amides is 1. The molecule has 2 aromatic heterocycles. The van der Waals surface area contributed by atoms with Crippen molar-refractivity contribution in [3.8, 4) is 0 Å². The molecule has 7 heteroatoms. The first kappa shape index (κ1) is 19.4. The summed E-state index contributed by atoms with van der Waals surface area (Å²) in [6, 6.07) is 22.0. The van der Waals surface area contributed by atoms with Crippen LogP contribution in [-0.4, -0.2) is 15.9 Å². The van der Waals surface area contributed by atoms with Crippen LogP contribution >= 0.6 is 0 Å². The van der Waals surface area contributed by atoms with Gasteiger partial charge in [-0.1, -0.05) is 36.4 Å². The number of H-pyrrole nitrogens is 1. The molecule has 0 atom stereocenters. The second kappa shape index (κ2) is 7.96. The Labute approximate surface area is 181 Å². The zero-order valence-electron chi connectivity index (χ0n) is 16.7. The lowest BCUT2D eigenvalue weighted by atomic mass is 10.1. The summed E-state index contributed by atoms with van der Waals surface area (Å²) in [4.78, 5) is 31.7. The fraction of sp³-hybridized carbons (Fsp3) is 0. The molecule has 0 aliphatic carbocycles. The summed E-state index contributed by atoms with van der Waals surface area (Å²) in [6.45, 7) is 0. The summed E-state index contributed by atoms with van der Waals surface area (Å²) in [7, 11) is 0. The van der Waals surface area contributed by atoms with Crippen molar-refractivity contribution >= 4 is 44.8 Å². The van der Waals surface area contributed by atoms with Crippen LogP contribution in [0.5, 0.6) is 0 Å². The van der Waals surface area contributed by atoms with Crippen molar-refractivity contribution in [1.82, 2.24) is 9.97 Å². The van der Waals surface area contributed by atoms with Crippen LogP contribution < -0.4 is 16.2 Å². The summed E-state index contributed by atoms with van der Waals surface area (Å²) >= 11 is 0. The molecule has 0 saturated carbocycles. The van der Waals surface area contributed by atoms with E-state index in [1.165, 1.54) is 6.07 Å². The maximum atomic E-state index is 14.9. The Morgan fingerprint density at radius 1 is 0.875 bits per heavy atom. The summed E-state index contributed by atoms with van der Waals surface area (Å²) < 4.78 is 14.9. The Morgan fingerprint density at radius 3 is 2.41 bits per heavy atom. The van der Waals surface area contributed by atoms with Gasteiger partial charge in [-0.15, -0.1) is 0 Å². The van der Waals surface area contributed by atoms with Gasteiger partial charge in [-0.25, -0.2) is 9.37 Å². The van der Waals surface area contributed by atoms with Crippen LogP contribution in [0.2, 0.25) is 0 Å². The lowest BCUT2D eigenvalue weighted by Gasteiger charge is -2.13. The zero-order chi connectivity index (χ0) is 22.1. The molecule has 3 N–H and O–H groups in total. The number of benzene rings is 3. The number of fused-ring (bicyclic) bond motifs is 3. The summed E-state index contributed by atoms with van der Waals surface area (Å²) in [5.41, 5.74) is 1.83. The Morgan fingerprint density at radius 2 is 1.62 bits per heavy atom. The third-order valence-corrected chi connectivity index (χ3v) is 5.16. The van der Waals surface area contributed by atoms with Gasteiger partial charge in [-0.05, 0) is 42.5 Å². The third-order valence-electron chi connectivity index (χ3n) is 5.16. The minimum absolute atomic E-state index is 0.227. The van der Waals surface area contributed by atoms with Gasteiger partial charge in [-0.3, -0.25) is 9.59 Å². The van der Waals surface area contributed by atoms with Crippen molar-refractivity contribution in [3.63, 3.8) is 0 Å². The van der Waals surface area contributed by atoms with Crippen molar-refractivity contribution in [1.29, 1.82) is 0 Å². The zero-order valence-corrected chi connectivity index (χ0v) is 16.7. The lowest BCUT2D eigenvalue weighted by molar-refractivity contribution is 0.102. The summed E-state index contributed by atoms with van der Waals surface area (Å²) in [5, 5.41) is 7.71. The van der Waals surface area contributed by atoms with E-state index in [4.69, 9.17) is 0 Å². The highest BCUT2D eigenvalue weighted by Crippen LogP contribution is 2.31. The molecule has 0 unspecified atom stereocenters. The molecule has 0 aliphatic heterocycles. The van der Waals surface area contributed by atoms with Gasteiger partial charge in [0.25, 0.3) is 11.5 Å². The van der Waals surface area contributed by atoms with Gasteiger partial charge in [0.05, 0.1) is 11.4 Å². The van der Waals surface area contributed by atoms with Gasteiger partial charge in [0.2, 0.25) is 0 Å². The minimum Gasteiger partial charge on any atom is -0.352 e. The number of rotatable bonds is 4.